The number of rotatable bonds is 2. The predicted octanol–water partition coefficient (Wildman–Crippen LogP) is 3.00. The van der Waals surface area contributed by atoms with Crippen molar-refractivity contribution in [1.29, 1.82) is 0 Å². The third-order valence-electron chi connectivity index (χ3n) is 2.31. The van der Waals surface area contributed by atoms with E-state index in [-0.39, 0.29) is 12.5 Å². The van der Waals surface area contributed by atoms with Crippen molar-refractivity contribution in [3.8, 4) is 11.8 Å². The Morgan fingerprint density at radius 2 is 2.26 bits per heavy atom. The highest BCUT2D eigenvalue weighted by molar-refractivity contribution is 7.08. The van der Waals surface area contributed by atoms with Gasteiger partial charge >= 0.3 is 0 Å². The highest BCUT2D eigenvalue weighted by Crippen LogP contribution is 2.23. The van der Waals surface area contributed by atoms with Crippen LogP contribution in [-0.2, 0) is 0 Å². The Morgan fingerprint density at radius 3 is 2.95 bits per heavy atom. The Labute approximate surface area is 119 Å². The van der Waals surface area contributed by atoms with E-state index in [0.29, 0.717) is 21.8 Å². The summed E-state index contributed by atoms with van der Waals surface area (Å²) in [4.78, 5) is 11.9. The molecule has 1 aromatic carbocycles. The van der Waals surface area contributed by atoms with Crippen molar-refractivity contribution < 1.29 is 9.90 Å². The average molecular weight is 292 g/mol. The quantitative estimate of drug-likeness (QED) is 0.836. The van der Waals surface area contributed by atoms with Gasteiger partial charge in [-0.25, -0.2) is 0 Å². The number of carbonyl (C=O) groups is 1. The van der Waals surface area contributed by atoms with E-state index in [1.165, 1.54) is 11.3 Å². The van der Waals surface area contributed by atoms with Gasteiger partial charge in [0.15, 0.2) is 0 Å². The molecule has 1 aromatic heterocycles. The Kier molecular flexibility index (Phi) is 4.58. The Balaban J connectivity index is 2.22. The first-order valence-electron chi connectivity index (χ1n) is 5.43. The molecule has 5 heteroatoms. The van der Waals surface area contributed by atoms with E-state index in [1.807, 2.05) is 5.38 Å². The third kappa shape index (κ3) is 3.58. The molecule has 0 atom stereocenters. The van der Waals surface area contributed by atoms with Crippen molar-refractivity contribution in [2.75, 3.05) is 11.9 Å². The number of aliphatic hydroxyl groups excluding tert-OH is 1. The minimum absolute atomic E-state index is 0.209. The number of carbonyl (C=O) groups excluding carboxylic acids is 1. The molecule has 0 fully saturated rings. The maximum atomic E-state index is 11.9. The Hall–Kier alpha value is -1.80. The van der Waals surface area contributed by atoms with Crippen LogP contribution in [0.4, 0.5) is 5.69 Å². The molecule has 0 aliphatic rings. The van der Waals surface area contributed by atoms with Crippen molar-refractivity contribution in [1.82, 2.24) is 0 Å². The number of hydrogen-bond donors (Lipinski definition) is 2. The van der Waals surface area contributed by atoms with E-state index < -0.39 is 0 Å². The number of amides is 1. The monoisotopic (exact) mass is 291 g/mol. The van der Waals surface area contributed by atoms with Crippen LogP contribution >= 0.6 is 22.9 Å². The van der Waals surface area contributed by atoms with Crippen molar-refractivity contribution in [3.05, 3.63) is 51.2 Å². The first-order chi connectivity index (χ1) is 9.20. The summed E-state index contributed by atoms with van der Waals surface area (Å²) in [5, 5.41) is 15.4. The molecule has 19 heavy (non-hydrogen) atoms. The number of thiophene rings is 1. The SMILES string of the molecule is O=C(Nc1cc(C#CCO)ccc1Cl)c1ccsc1. The lowest BCUT2D eigenvalue weighted by Crippen LogP contribution is -2.11. The van der Waals surface area contributed by atoms with E-state index in [0.717, 1.165) is 0 Å². The second kappa shape index (κ2) is 6.39. The molecule has 1 amide bonds. The fourth-order valence-electron chi connectivity index (χ4n) is 1.43. The van der Waals surface area contributed by atoms with Gasteiger partial charge in [0, 0.05) is 10.9 Å². The summed E-state index contributed by atoms with van der Waals surface area (Å²) in [6, 6.07) is 6.80. The summed E-state index contributed by atoms with van der Waals surface area (Å²) in [6.07, 6.45) is 0. The fourth-order valence-corrected chi connectivity index (χ4v) is 2.23. The Bertz CT molecular complexity index is 641. The summed E-state index contributed by atoms with van der Waals surface area (Å²) in [5.41, 5.74) is 1.77. The second-order valence-electron chi connectivity index (χ2n) is 3.62. The molecular weight excluding hydrogens is 282 g/mol. The lowest BCUT2D eigenvalue weighted by molar-refractivity contribution is 0.102. The summed E-state index contributed by atoms with van der Waals surface area (Å²) in [7, 11) is 0. The van der Waals surface area contributed by atoms with E-state index in [9.17, 15) is 4.79 Å². The van der Waals surface area contributed by atoms with Crippen molar-refractivity contribution in [2.24, 2.45) is 0 Å². The fraction of sp³-hybridized carbons (Fsp3) is 0.0714. The van der Waals surface area contributed by atoms with Crippen LogP contribution in [0.15, 0.2) is 35.0 Å². The molecule has 0 aliphatic heterocycles. The van der Waals surface area contributed by atoms with Gasteiger partial charge < -0.3 is 10.4 Å². The molecular formula is C14H10ClNO2S. The van der Waals surface area contributed by atoms with Gasteiger partial charge in [0.25, 0.3) is 5.91 Å². The van der Waals surface area contributed by atoms with Crippen LogP contribution in [0.3, 0.4) is 0 Å². The van der Waals surface area contributed by atoms with E-state index in [2.05, 4.69) is 17.2 Å². The lowest BCUT2D eigenvalue weighted by atomic mass is 10.2. The van der Waals surface area contributed by atoms with E-state index in [4.69, 9.17) is 16.7 Å². The summed E-state index contributed by atoms with van der Waals surface area (Å²) < 4.78 is 0. The summed E-state index contributed by atoms with van der Waals surface area (Å²) in [5.74, 6) is 5.09. The maximum Gasteiger partial charge on any atom is 0.256 e. The number of anilines is 1. The molecule has 0 bridgehead atoms. The normalized spacial score (nSPS) is 9.58. The zero-order valence-electron chi connectivity index (χ0n) is 9.81. The molecule has 0 radical (unpaired) electrons. The summed E-state index contributed by atoms with van der Waals surface area (Å²) >= 11 is 7.48. The minimum atomic E-state index is -0.213. The molecule has 96 valence electrons. The zero-order valence-corrected chi connectivity index (χ0v) is 11.4. The lowest BCUT2D eigenvalue weighted by Gasteiger charge is -2.06. The van der Waals surface area contributed by atoms with Gasteiger partial charge in [-0.1, -0.05) is 23.4 Å². The molecule has 1 heterocycles. The van der Waals surface area contributed by atoms with Gasteiger partial charge in [-0.2, -0.15) is 11.3 Å². The first-order valence-corrected chi connectivity index (χ1v) is 6.75. The number of nitrogens with one attached hydrogen (secondary N) is 1. The minimum Gasteiger partial charge on any atom is -0.384 e. The van der Waals surface area contributed by atoms with Crippen molar-refractivity contribution >= 4 is 34.5 Å². The number of aliphatic hydroxyl groups is 1. The van der Waals surface area contributed by atoms with Crippen molar-refractivity contribution in [3.63, 3.8) is 0 Å². The molecule has 2 aromatic rings. The van der Waals surface area contributed by atoms with Crippen LogP contribution in [0.2, 0.25) is 5.02 Å². The van der Waals surface area contributed by atoms with Gasteiger partial charge in [0.05, 0.1) is 16.3 Å². The molecule has 0 saturated heterocycles. The second-order valence-corrected chi connectivity index (χ2v) is 4.81. The molecule has 3 nitrogen and oxygen atoms in total. The van der Waals surface area contributed by atoms with Crippen LogP contribution in [0, 0.1) is 11.8 Å². The number of halogens is 1. The van der Waals surface area contributed by atoms with Gasteiger partial charge in [0.2, 0.25) is 0 Å². The number of benzene rings is 1. The topological polar surface area (TPSA) is 49.3 Å². The van der Waals surface area contributed by atoms with Crippen LogP contribution in [0.25, 0.3) is 0 Å². The highest BCUT2D eigenvalue weighted by Gasteiger charge is 2.09. The number of hydrogen-bond acceptors (Lipinski definition) is 3. The van der Waals surface area contributed by atoms with Crippen LogP contribution < -0.4 is 5.32 Å². The van der Waals surface area contributed by atoms with Crippen LogP contribution in [0.5, 0.6) is 0 Å². The maximum absolute atomic E-state index is 11.9. The van der Waals surface area contributed by atoms with Crippen molar-refractivity contribution in [2.45, 2.75) is 0 Å². The molecule has 0 spiro atoms. The standard InChI is InChI=1S/C14H10ClNO2S/c15-12-4-3-10(2-1-6-17)8-13(12)16-14(18)11-5-7-19-9-11/h3-5,7-9,17H,6H2,(H,16,18). The smallest absolute Gasteiger partial charge is 0.256 e. The van der Waals surface area contributed by atoms with Crippen LogP contribution in [0.1, 0.15) is 15.9 Å². The van der Waals surface area contributed by atoms with E-state index in [1.54, 1.807) is 29.6 Å². The predicted molar refractivity (Wildman–Crippen MR) is 77.7 cm³/mol. The molecule has 0 aliphatic carbocycles. The van der Waals surface area contributed by atoms with Gasteiger partial charge in [0.1, 0.15) is 6.61 Å². The Morgan fingerprint density at radius 1 is 1.42 bits per heavy atom. The van der Waals surface area contributed by atoms with Gasteiger partial charge in [-0.15, -0.1) is 0 Å². The zero-order chi connectivity index (χ0) is 13.7. The largest absolute Gasteiger partial charge is 0.384 e. The average Bonchev–Trinajstić information content (AvgIpc) is 2.93. The molecule has 0 unspecified atom stereocenters. The van der Waals surface area contributed by atoms with Gasteiger partial charge in [-0.05, 0) is 29.6 Å². The van der Waals surface area contributed by atoms with E-state index >= 15 is 0 Å². The molecule has 0 saturated carbocycles. The van der Waals surface area contributed by atoms with Gasteiger partial charge in [-0.3, -0.25) is 4.79 Å². The summed E-state index contributed by atoms with van der Waals surface area (Å²) in [6.45, 7) is -0.209. The first kappa shape index (κ1) is 13.6. The molecule has 2 rings (SSSR count). The third-order valence-corrected chi connectivity index (χ3v) is 3.32. The molecule has 2 N–H and O–H groups in total. The highest BCUT2D eigenvalue weighted by atomic mass is 35.5. The van der Waals surface area contributed by atoms with Crippen LogP contribution in [-0.4, -0.2) is 17.6 Å².